The maximum atomic E-state index is 12.4. The molecule has 0 bridgehead atoms. The average molecular weight is 323 g/mol. The van der Waals surface area contributed by atoms with E-state index in [0.29, 0.717) is 21.3 Å². The molecule has 2 aromatic rings. The third kappa shape index (κ3) is 4.13. The minimum Gasteiger partial charge on any atom is -0.382 e. The number of amides is 1. The normalized spacial score (nSPS) is 10.5. The minimum atomic E-state index is -0.197. The fourth-order valence-electron chi connectivity index (χ4n) is 1.89. The van der Waals surface area contributed by atoms with Crippen molar-refractivity contribution in [3.8, 4) is 0 Å². The highest BCUT2D eigenvalue weighted by molar-refractivity contribution is 6.42. The number of rotatable bonds is 4. The third-order valence-corrected chi connectivity index (χ3v) is 3.53. The van der Waals surface area contributed by atoms with Gasteiger partial charge < -0.3 is 10.6 Å². The van der Waals surface area contributed by atoms with Crippen LogP contribution in [0.2, 0.25) is 10.0 Å². The van der Waals surface area contributed by atoms with Crippen LogP contribution in [0.1, 0.15) is 24.2 Å². The summed E-state index contributed by atoms with van der Waals surface area (Å²) in [6.45, 7) is 4.04. The van der Waals surface area contributed by atoms with Crippen LogP contribution in [0.15, 0.2) is 42.5 Å². The number of halogens is 2. The first kappa shape index (κ1) is 15.7. The highest BCUT2D eigenvalue weighted by Gasteiger charge is 2.12. The molecular weight excluding hydrogens is 307 g/mol. The van der Waals surface area contributed by atoms with Crippen molar-refractivity contribution in [3.05, 3.63) is 58.1 Å². The molecule has 2 aromatic carbocycles. The number of para-hydroxylation sites is 1. The minimum absolute atomic E-state index is 0.197. The molecule has 0 saturated carbocycles. The molecule has 0 unspecified atom stereocenters. The standard InChI is InChI=1S/C16H16Cl2N2O/c1-10(2)19-15-6-4-3-5-12(15)16(21)20-11-7-8-13(17)14(18)9-11/h3-10,19H,1-2H3,(H,20,21). The lowest BCUT2D eigenvalue weighted by atomic mass is 10.1. The Morgan fingerprint density at radius 3 is 2.43 bits per heavy atom. The first-order valence-electron chi connectivity index (χ1n) is 6.59. The quantitative estimate of drug-likeness (QED) is 0.825. The molecule has 3 nitrogen and oxygen atoms in total. The fraction of sp³-hybridized carbons (Fsp3) is 0.188. The van der Waals surface area contributed by atoms with Gasteiger partial charge in [0, 0.05) is 17.4 Å². The van der Waals surface area contributed by atoms with E-state index in [1.807, 2.05) is 32.0 Å². The van der Waals surface area contributed by atoms with Crippen molar-refractivity contribution in [2.24, 2.45) is 0 Å². The summed E-state index contributed by atoms with van der Waals surface area (Å²) in [6.07, 6.45) is 0. The predicted molar refractivity (Wildman–Crippen MR) is 89.6 cm³/mol. The van der Waals surface area contributed by atoms with E-state index in [4.69, 9.17) is 23.2 Å². The molecule has 0 fully saturated rings. The summed E-state index contributed by atoms with van der Waals surface area (Å²) in [5.74, 6) is -0.197. The first-order valence-corrected chi connectivity index (χ1v) is 7.35. The number of hydrogen-bond donors (Lipinski definition) is 2. The lowest BCUT2D eigenvalue weighted by Gasteiger charge is -2.14. The van der Waals surface area contributed by atoms with Gasteiger partial charge in [-0.05, 0) is 44.2 Å². The largest absolute Gasteiger partial charge is 0.382 e. The number of nitrogens with one attached hydrogen (secondary N) is 2. The highest BCUT2D eigenvalue weighted by Crippen LogP contribution is 2.26. The Labute approximate surface area is 134 Å². The van der Waals surface area contributed by atoms with Crippen molar-refractivity contribution in [1.29, 1.82) is 0 Å². The molecule has 0 radical (unpaired) electrons. The molecule has 0 heterocycles. The predicted octanol–water partition coefficient (Wildman–Crippen LogP) is 5.07. The summed E-state index contributed by atoms with van der Waals surface area (Å²) in [6, 6.07) is 12.6. The molecule has 0 spiro atoms. The molecule has 2 N–H and O–H groups in total. The van der Waals surface area contributed by atoms with E-state index in [1.54, 1.807) is 24.3 Å². The van der Waals surface area contributed by atoms with Gasteiger partial charge >= 0.3 is 0 Å². The van der Waals surface area contributed by atoms with Crippen LogP contribution in [-0.4, -0.2) is 11.9 Å². The van der Waals surface area contributed by atoms with Crippen molar-refractivity contribution < 1.29 is 4.79 Å². The van der Waals surface area contributed by atoms with Crippen molar-refractivity contribution >= 4 is 40.5 Å². The molecule has 0 aliphatic heterocycles. The van der Waals surface area contributed by atoms with E-state index in [-0.39, 0.29) is 11.9 Å². The third-order valence-electron chi connectivity index (χ3n) is 2.79. The number of hydrogen-bond acceptors (Lipinski definition) is 2. The van der Waals surface area contributed by atoms with Gasteiger partial charge in [-0.25, -0.2) is 0 Å². The van der Waals surface area contributed by atoms with Crippen LogP contribution in [0.4, 0.5) is 11.4 Å². The van der Waals surface area contributed by atoms with Crippen LogP contribution < -0.4 is 10.6 Å². The zero-order valence-corrected chi connectivity index (χ0v) is 13.3. The van der Waals surface area contributed by atoms with Gasteiger partial charge in [0.25, 0.3) is 5.91 Å². The zero-order chi connectivity index (χ0) is 15.4. The number of benzene rings is 2. The van der Waals surface area contributed by atoms with Gasteiger partial charge in [-0.3, -0.25) is 4.79 Å². The maximum absolute atomic E-state index is 12.4. The van der Waals surface area contributed by atoms with Crippen LogP contribution in [0.3, 0.4) is 0 Å². The molecule has 21 heavy (non-hydrogen) atoms. The van der Waals surface area contributed by atoms with Crippen LogP contribution in [0, 0.1) is 0 Å². The topological polar surface area (TPSA) is 41.1 Å². The van der Waals surface area contributed by atoms with Crippen LogP contribution in [-0.2, 0) is 0 Å². The van der Waals surface area contributed by atoms with Gasteiger partial charge in [0.05, 0.1) is 15.6 Å². The Kier molecular flexibility index (Phi) is 5.10. The maximum Gasteiger partial charge on any atom is 0.257 e. The second-order valence-electron chi connectivity index (χ2n) is 4.93. The molecular formula is C16H16Cl2N2O. The van der Waals surface area contributed by atoms with Gasteiger partial charge in [-0.15, -0.1) is 0 Å². The van der Waals surface area contributed by atoms with Crippen LogP contribution in [0.25, 0.3) is 0 Å². The zero-order valence-electron chi connectivity index (χ0n) is 11.8. The molecule has 1 amide bonds. The molecule has 0 atom stereocenters. The second kappa shape index (κ2) is 6.83. The van der Waals surface area contributed by atoms with E-state index in [9.17, 15) is 4.79 Å². The molecule has 2 rings (SSSR count). The fourth-order valence-corrected chi connectivity index (χ4v) is 2.19. The van der Waals surface area contributed by atoms with E-state index >= 15 is 0 Å². The van der Waals surface area contributed by atoms with Crippen molar-refractivity contribution in [3.63, 3.8) is 0 Å². The Morgan fingerprint density at radius 1 is 1.05 bits per heavy atom. The SMILES string of the molecule is CC(C)Nc1ccccc1C(=O)Nc1ccc(Cl)c(Cl)c1. The van der Waals surface area contributed by atoms with Gasteiger partial charge in [0.1, 0.15) is 0 Å². The van der Waals surface area contributed by atoms with Crippen molar-refractivity contribution in [1.82, 2.24) is 0 Å². The molecule has 110 valence electrons. The Bertz CT molecular complexity index is 656. The highest BCUT2D eigenvalue weighted by atomic mass is 35.5. The number of carbonyl (C=O) groups excluding carboxylic acids is 1. The number of anilines is 2. The van der Waals surface area contributed by atoms with E-state index < -0.39 is 0 Å². The van der Waals surface area contributed by atoms with E-state index in [0.717, 1.165) is 5.69 Å². The van der Waals surface area contributed by atoms with Crippen LogP contribution >= 0.6 is 23.2 Å². The Hall–Kier alpha value is -1.71. The Balaban J connectivity index is 2.22. The average Bonchev–Trinajstić information content (AvgIpc) is 2.43. The van der Waals surface area contributed by atoms with E-state index in [1.165, 1.54) is 0 Å². The smallest absolute Gasteiger partial charge is 0.257 e. The molecule has 5 heteroatoms. The summed E-state index contributed by atoms with van der Waals surface area (Å²) in [4.78, 5) is 12.4. The van der Waals surface area contributed by atoms with Crippen molar-refractivity contribution in [2.75, 3.05) is 10.6 Å². The van der Waals surface area contributed by atoms with E-state index in [2.05, 4.69) is 10.6 Å². The summed E-state index contributed by atoms with van der Waals surface area (Å²) in [5.41, 5.74) is 1.98. The van der Waals surface area contributed by atoms with Gasteiger partial charge in [-0.1, -0.05) is 35.3 Å². The van der Waals surface area contributed by atoms with Crippen molar-refractivity contribution in [2.45, 2.75) is 19.9 Å². The molecule has 0 aromatic heterocycles. The lowest BCUT2D eigenvalue weighted by Crippen LogP contribution is -2.17. The Morgan fingerprint density at radius 2 is 1.76 bits per heavy atom. The second-order valence-corrected chi connectivity index (χ2v) is 5.74. The summed E-state index contributed by atoms with van der Waals surface area (Å²) < 4.78 is 0. The lowest BCUT2D eigenvalue weighted by molar-refractivity contribution is 0.102. The molecule has 0 aliphatic carbocycles. The number of carbonyl (C=O) groups is 1. The molecule has 0 aliphatic rings. The van der Waals surface area contributed by atoms with Gasteiger partial charge in [0.2, 0.25) is 0 Å². The van der Waals surface area contributed by atoms with Gasteiger partial charge in [-0.2, -0.15) is 0 Å². The summed E-state index contributed by atoms with van der Waals surface area (Å²) in [5, 5.41) is 6.93. The first-order chi connectivity index (χ1) is 9.97. The van der Waals surface area contributed by atoms with Gasteiger partial charge in [0.15, 0.2) is 0 Å². The molecule has 0 saturated heterocycles. The summed E-state index contributed by atoms with van der Waals surface area (Å²) in [7, 11) is 0. The monoisotopic (exact) mass is 322 g/mol. The van der Waals surface area contributed by atoms with Crippen LogP contribution in [0.5, 0.6) is 0 Å². The summed E-state index contributed by atoms with van der Waals surface area (Å²) >= 11 is 11.8.